The molecule has 1 unspecified atom stereocenters. The average Bonchev–Trinajstić information content (AvgIpc) is 3.00. The van der Waals surface area contributed by atoms with Crippen LogP contribution in [0.3, 0.4) is 0 Å². The lowest BCUT2D eigenvalue weighted by Gasteiger charge is -2.33. The first-order valence-corrected chi connectivity index (χ1v) is 16.3. The van der Waals surface area contributed by atoms with E-state index in [4.69, 9.17) is 11.6 Å². The van der Waals surface area contributed by atoms with Crippen molar-refractivity contribution < 1.29 is 18.0 Å². The van der Waals surface area contributed by atoms with Crippen LogP contribution in [0.1, 0.15) is 18.1 Å². The van der Waals surface area contributed by atoms with Crippen LogP contribution in [0.15, 0.2) is 114 Å². The summed E-state index contributed by atoms with van der Waals surface area (Å²) >= 11 is 8.25. The summed E-state index contributed by atoms with van der Waals surface area (Å²) in [7, 11) is -4.12. The molecule has 218 valence electrons. The third kappa shape index (κ3) is 8.11. The second kappa shape index (κ2) is 14.7. The highest BCUT2D eigenvalue weighted by molar-refractivity contribution is 14.1. The van der Waals surface area contributed by atoms with Gasteiger partial charge in [0.15, 0.2) is 0 Å². The molecule has 4 rings (SSSR count). The van der Waals surface area contributed by atoms with Crippen molar-refractivity contribution in [3.05, 3.63) is 129 Å². The van der Waals surface area contributed by atoms with Gasteiger partial charge >= 0.3 is 0 Å². The van der Waals surface area contributed by atoms with E-state index in [0.29, 0.717) is 17.3 Å². The second-order valence-corrected chi connectivity index (χ2v) is 13.1. The number of nitrogens with one attached hydrogen (secondary N) is 1. The van der Waals surface area contributed by atoms with Gasteiger partial charge in [-0.3, -0.25) is 13.9 Å². The molecule has 0 aliphatic carbocycles. The number of halogens is 2. The van der Waals surface area contributed by atoms with Gasteiger partial charge in [0.2, 0.25) is 11.8 Å². The Balaban J connectivity index is 1.78. The number of sulfonamides is 1. The molecule has 0 saturated carbocycles. The number of hydrogen-bond donors (Lipinski definition) is 1. The minimum absolute atomic E-state index is 0.0603. The predicted octanol–water partition coefficient (Wildman–Crippen LogP) is 5.92. The molecule has 0 saturated heterocycles. The topological polar surface area (TPSA) is 86.8 Å². The first kappa shape index (κ1) is 31.5. The van der Waals surface area contributed by atoms with E-state index >= 15 is 0 Å². The Bertz CT molecular complexity index is 1590. The molecular weight excluding hydrogens is 685 g/mol. The zero-order valence-electron chi connectivity index (χ0n) is 23.0. The van der Waals surface area contributed by atoms with Gasteiger partial charge in [-0.25, -0.2) is 8.42 Å². The number of carbonyl (C=O) groups excluding carboxylic acids is 2. The third-order valence-electron chi connectivity index (χ3n) is 6.61. The van der Waals surface area contributed by atoms with Gasteiger partial charge in [-0.15, -0.1) is 0 Å². The number of amides is 2. The SMILES string of the molecule is CCNC(=O)C(Cc1ccccc1)N(Cc1ccc(Cl)cc1)C(=O)CN(c1ccc(I)cc1)S(=O)(=O)c1ccccc1. The van der Waals surface area contributed by atoms with Crippen molar-refractivity contribution in [3.63, 3.8) is 0 Å². The smallest absolute Gasteiger partial charge is 0.264 e. The highest BCUT2D eigenvalue weighted by Gasteiger charge is 2.34. The average molecular weight is 716 g/mol. The number of hydrogen-bond acceptors (Lipinski definition) is 4. The van der Waals surface area contributed by atoms with Gasteiger partial charge in [0.25, 0.3) is 10.0 Å². The number of likely N-dealkylation sites (N-methyl/N-ethyl adjacent to an activating group) is 1. The molecule has 10 heteroatoms. The summed E-state index contributed by atoms with van der Waals surface area (Å²) in [6.07, 6.45) is 0.251. The van der Waals surface area contributed by atoms with Gasteiger partial charge in [-0.05, 0) is 89.2 Å². The van der Waals surface area contributed by atoms with Crippen LogP contribution in [0.25, 0.3) is 0 Å². The molecule has 1 atom stereocenters. The normalized spacial score (nSPS) is 11.9. The molecule has 7 nitrogen and oxygen atoms in total. The molecule has 0 aliphatic rings. The fourth-order valence-electron chi connectivity index (χ4n) is 4.49. The Kier molecular flexibility index (Phi) is 11.0. The Morgan fingerprint density at radius 1 is 0.833 bits per heavy atom. The summed E-state index contributed by atoms with van der Waals surface area (Å²) in [5.74, 6) is -0.842. The second-order valence-electron chi connectivity index (χ2n) is 9.55. The predicted molar refractivity (Wildman–Crippen MR) is 175 cm³/mol. The molecule has 0 radical (unpaired) electrons. The fourth-order valence-corrected chi connectivity index (χ4v) is 6.41. The van der Waals surface area contributed by atoms with Crippen molar-refractivity contribution in [3.8, 4) is 0 Å². The van der Waals surface area contributed by atoms with E-state index in [1.54, 1.807) is 66.7 Å². The highest BCUT2D eigenvalue weighted by atomic mass is 127. The lowest BCUT2D eigenvalue weighted by Crippen LogP contribution is -2.53. The molecule has 0 aromatic heterocycles. The molecular formula is C32H31ClIN3O4S. The molecule has 0 aliphatic heterocycles. The molecule has 0 heterocycles. The van der Waals surface area contributed by atoms with Crippen LogP contribution in [0.5, 0.6) is 0 Å². The van der Waals surface area contributed by atoms with E-state index < -0.39 is 28.5 Å². The van der Waals surface area contributed by atoms with E-state index in [2.05, 4.69) is 27.9 Å². The maximum Gasteiger partial charge on any atom is 0.264 e. The van der Waals surface area contributed by atoms with E-state index in [-0.39, 0.29) is 23.8 Å². The third-order valence-corrected chi connectivity index (χ3v) is 9.37. The summed E-state index contributed by atoms with van der Waals surface area (Å²) < 4.78 is 29.9. The molecule has 0 bridgehead atoms. The molecule has 4 aromatic carbocycles. The summed E-state index contributed by atoms with van der Waals surface area (Å²) in [6.45, 7) is 1.77. The zero-order valence-corrected chi connectivity index (χ0v) is 26.7. The Morgan fingerprint density at radius 2 is 1.43 bits per heavy atom. The first-order chi connectivity index (χ1) is 20.2. The summed E-state index contributed by atoms with van der Waals surface area (Å²) in [5.41, 5.74) is 1.97. The van der Waals surface area contributed by atoms with Gasteiger partial charge in [0.05, 0.1) is 10.6 Å². The van der Waals surface area contributed by atoms with Crippen molar-refractivity contribution in [1.82, 2.24) is 10.2 Å². The van der Waals surface area contributed by atoms with Crippen LogP contribution in [0.2, 0.25) is 5.02 Å². The van der Waals surface area contributed by atoms with Crippen LogP contribution in [-0.4, -0.2) is 44.3 Å². The molecule has 2 amide bonds. The van der Waals surface area contributed by atoms with Crippen molar-refractivity contribution in [2.24, 2.45) is 0 Å². The molecule has 1 N–H and O–H groups in total. The molecule has 4 aromatic rings. The highest BCUT2D eigenvalue weighted by Crippen LogP contribution is 2.26. The lowest BCUT2D eigenvalue weighted by molar-refractivity contribution is -0.140. The maximum absolute atomic E-state index is 14.3. The number of carbonyl (C=O) groups is 2. The van der Waals surface area contributed by atoms with E-state index in [1.165, 1.54) is 17.0 Å². The number of benzene rings is 4. The van der Waals surface area contributed by atoms with Crippen LogP contribution >= 0.6 is 34.2 Å². The molecule has 0 spiro atoms. The van der Waals surface area contributed by atoms with Crippen LogP contribution in [0, 0.1) is 3.57 Å². The first-order valence-electron chi connectivity index (χ1n) is 13.4. The van der Waals surface area contributed by atoms with Crippen molar-refractivity contribution in [1.29, 1.82) is 0 Å². The summed E-state index contributed by atoms with van der Waals surface area (Å²) in [4.78, 5) is 29.3. The van der Waals surface area contributed by atoms with Crippen molar-refractivity contribution >= 4 is 61.7 Å². The Labute approximate surface area is 265 Å². The maximum atomic E-state index is 14.3. The van der Waals surface area contributed by atoms with Crippen molar-refractivity contribution in [2.45, 2.75) is 30.8 Å². The molecule has 0 fully saturated rings. The minimum Gasteiger partial charge on any atom is -0.355 e. The Morgan fingerprint density at radius 3 is 2.02 bits per heavy atom. The standard InChI is InChI=1S/C32H31ClIN3O4S/c1-2-35-32(39)30(21-24-9-5-3-6-10-24)36(22-25-13-15-26(33)16-14-25)31(38)23-37(28-19-17-27(34)18-20-28)42(40,41)29-11-7-4-8-12-29/h3-20,30H,2,21-23H2,1H3,(H,35,39). The molecule has 42 heavy (non-hydrogen) atoms. The van der Waals surface area contributed by atoms with E-state index in [1.807, 2.05) is 37.3 Å². The van der Waals surface area contributed by atoms with Gasteiger partial charge in [0, 0.05) is 28.1 Å². The van der Waals surface area contributed by atoms with Gasteiger partial charge in [0.1, 0.15) is 12.6 Å². The number of rotatable bonds is 12. The van der Waals surface area contributed by atoms with E-state index in [0.717, 1.165) is 19.0 Å². The zero-order chi connectivity index (χ0) is 30.1. The largest absolute Gasteiger partial charge is 0.355 e. The monoisotopic (exact) mass is 715 g/mol. The van der Waals surface area contributed by atoms with Crippen LogP contribution in [0.4, 0.5) is 5.69 Å². The quantitative estimate of drug-likeness (QED) is 0.185. The van der Waals surface area contributed by atoms with Crippen molar-refractivity contribution in [2.75, 3.05) is 17.4 Å². The summed E-state index contributed by atoms with van der Waals surface area (Å²) in [5, 5.41) is 3.40. The Hall–Kier alpha value is -3.41. The fraction of sp³-hybridized carbons (Fsp3) is 0.188. The number of anilines is 1. The van der Waals surface area contributed by atoms with Crippen LogP contribution in [-0.2, 0) is 32.6 Å². The number of nitrogens with zero attached hydrogens (tertiary/aromatic N) is 2. The van der Waals surface area contributed by atoms with E-state index in [9.17, 15) is 18.0 Å². The van der Waals surface area contributed by atoms with Gasteiger partial charge < -0.3 is 10.2 Å². The van der Waals surface area contributed by atoms with Gasteiger partial charge in [-0.2, -0.15) is 0 Å². The summed E-state index contributed by atoms with van der Waals surface area (Å²) in [6, 6.07) is 30.5. The minimum atomic E-state index is -4.12. The van der Waals surface area contributed by atoms with Crippen LogP contribution < -0.4 is 9.62 Å². The lowest BCUT2D eigenvalue weighted by atomic mass is 10.0. The van der Waals surface area contributed by atoms with Gasteiger partial charge in [-0.1, -0.05) is 72.3 Å².